The third-order valence-corrected chi connectivity index (χ3v) is 4.04. The molecule has 3 aromatic rings. The summed E-state index contributed by atoms with van der Waals surface area (Å²) in [5.74, 6) is -0.173. The molecule has 3 rings (SSSR count). The Bertz CT molecular complexity index is 845. The average Bonchev–Trinajstić information content (AvgIpc) is 2.64. The van der Waals surface area contributed by atoms with E-state index in [0.717, 1.165) is 11.3 Å². The fourth-order valence-electron chi connectivity index (χ4n) is 2.60. The molecule has 0 fully saturated rings. The Morgan fingerprint density at radius 1 is 0.880 bits per heavy atom. The van der Waals surface area contributed by atoms with Crippen molar-refractivity contribution < 1.29 is 4.79 Å². The van der Waals surface area contributed by atoms with Crippen molar-refractivity contribution in [2.45, 2.75) is 13.0 Å². The molecule has 0 spiro atoms. The van der Waals surface area contributed by atoms with Crippen LogP contribution in [-0.4, -0.2) is 5.91 Å². The van der Waals surface area contributed by atoms with Crippen molar-refractivity contribution in [3.63, 3.8) is 0 Å². The SMILES string of the molecule is CC(Nc1ccccc1)c1ccc(C(=O)Nc2ccccc2N)cc1. The summed E-state index contributed by atoms with van der Waals surface area (Å²) in [6, 6.07) is 25.0. The van der Waals surface area contributed by atoms with Crippen LogP contribution in [0, 0.1) is 0 Å². The van der Waals surface area contributed by atoms with Crippen LogP contribution in [0.25, 0.3) is 0 Å². The lowest BCUT2D eigenvalue weighted by atomic mass is 10.1. The molecule has 0 heterocycles. The summed E-state index contributed by atoms with van der Waals surface area (Å²) in [7, 11) is 0. The number of nitrogen functional groups attached to an aromatic ring is 1. The van der Waals surface area contributed by atoms with E-state index in [1.165, 1.54) is 0 Å². The Kier molecular flexibility index (Phi) is 5.00. The van der Waals surface area contributed by atoms with Crippen LogP contribution in [0.2, 0.25) is 0 Å². The molecule has 0 aromatic heterocycles. The molecule has 0 aliphatic carbocycles. The predicted molar refractivity (Wildman–Crippen MR) is 104 cm³/mol. The minimum absolute atomic E-state index is 0.143. The number of nitrogens with one attached hydrogen (secondary N) is 2. The number of amides is 1. The minimum Gasteiger partial charge on any atom is -0.397 e. The zero-order valence-electron chi connectivity index (χ0n) is 14.1. The van der Waals surface area contributed by atoms with Crippen LogP contribution in [-0.2, 0) is 0 Å². The summed E-state index contributed by atoms with van der Waals surface area (Å²) in [4.78, 5) is 12.4. The maximum Gasteiger partial charge on any atom is 0.255 e. The van der Waals surface area contributed by atoms with E-state index in [0.29, 0.717) is 16.9 Å². The maximum atomic E-state index is 12.4. The van der Waals surface area contributed by atoms with Gasteiger partial charge >= 0.3 is 0 Å². The largest absolute Gasteiger partial charge is 0.397 e. The van der Waals surface area contributed by atoms with Gasteiger partial charge in [-0.1, -0.05) is 42.5 Å². The third-order valence-electron chi connectivity index (χ3n) is 4.04. The second kappa shape index (κ2) is 7.53. The second-order valence-electron chi connectivity index (χ2n) is 5.90. The number of hydrogen-bond acceptors (Lipinski definition) is 3. The highest BCUT2D eigenvalue weighted by Gasteiger charge is 2.10. The summed E-state index contributed by atoms with van der Waals surface area (Å²) in [6.07, 6.45) is 0. The Morgan fingerprint density at radius 2 is 1.52 bits per heavy atom. The lowest BCUT2D eigenvalue weighted by Crippen LogP contribution is -2.13. The van der Waals surface area contributed by atoms with Gasteiger partial charge in [-0.15, -0.1) is 0 Å². The summed E-state index contributed by atoms with van der Waals surface area (Å²) in [6.45, 7) is 2.09. The monoisotopic (exact) mass is 331 g/mol. The number of nitrogens with two attached hydrogens (primary N) is 1. The number of hydrogen-bond donors (Lipinski definition) is 3. The van der Waals surface area contributed by atoms with Gasteiger partial charge in [0.2, 0.25) is 0 Å². The zero-order chi connectivity index (χ0) is 17.6. The summed E-state index contributed by atoms with van der Waals surface area (Å²) in [5, 5.41) is 6.27. The Morgan fingerprint density at radius 3 is 2.20 bits per heavy atom. The van der Waals surface area contributed by atoms with E-state index >= 15 is 0 Å². The molecule has 0 saturated heterocycles. The Labute approximate surface area is 147 Å². The molecule has 25 heavy (non-hydrogen) atoms. The molecule has 1 atom stereocenters. The summed E-state index contributed by atoms with van der Waals surface area (Å²) in [5.41, 5.74) is 9.80. The van der Waals surface area contributed by atoms with Crippen molar-refractivity contribution in [2.75, 3.05) is 16.4 Å². The van der Waals surface area contributed by atoms with Crippen LogP contribution in [0.4, 0.5) is 17.1 Å². The fraction of sp³-hybridized carbons (Fsp3) is 0.0952. The minimum atomic E-state index is -0.173. The smallest absolute Gasteiger partial charge is 0.255 e. The third kappa shape index (κ3) is 4.18. The zero-order valence-corrected chi connectivity index (χ0v) is 14.1. The van der Waals surface area contributed by atoms with Crippen molar-refractivity contribution in [1.82, 2.24) is 0 Å². The number of rotatable bonds is 5. The van der Waals surface area contributed by atoms with Gasteiger partial charge in [-0.3, -0.25) is 4.79 Å². The standard InChI is InChI=1S/C21H21N3O/c1-15(23-18-7-3-2-4-8-18)16-11-13-17(14-12-16)21(25)24-20-10-6-5-9-19(20)22/h2-15,23H,22H2,1H3,(H,24,25). The molecule has 0 radical (unpaired) electrons. The van der Waals surface area contributed by atoms with Crippen LogP contribution in [0.5, 0.6) is 0 Å². The molecule has 126 valence electrons. The van der Waals surface area contributed by atoms with Crippen LogP contribution >= 0.6 is 0 Å². The van der Waals surface area contributed by atoms with Crippen molar-refractivity contribution in [3.05, 3.63) is 90.0 Å². The Hall–Kier alpha value is -3.27. The topological polar surface area (TPSA) is 67.2 Å². The van der Waals surface area contributed by atoms with Crippen molar-refractivity contribution >= 4 is 23.0 Å². The van der Waals surface area contributed by atoms with Gasteiger partial charge in [-0.25, -0.2) is 0 Å². The van der Waals surface area contributed by atoms with Gasteiger partial charge < -0.3 is 16.4 Å². The normalized spacial score (nSPS) is 11.6. The van der Waals surface area contributed by atoms with E-state index in [-0.39, 0.29) is 11.9 Å². The molecule has 1 unspecified atom stereocenters. The van der Waals surface area contributed by atoms with Crippen molar-refractivity contribution in [1.29, 1.82) is 0 Å². The number of anilines is 3. The highest BCUT2D eigenvalue weighted by Crippen LogP contribution is 2.21. The van der Waals surface area contributed by atoms with Gasteiger partial charge in [-0.05, 0) is 48.9 Å². The van der Waals surface area contributed by atoms with Gasteiger partial charge in [0.1, 0.15) is 0 Å². The van der Waals surface area contributed by atoms with E-state index in [2.05, 4.69) is 17.6 Å². The number of carbonyl (C=O) groups excluding carboxylic acids is 1. The molecular weight excluding hydrogens is 310 g/mol. The maximum absolute atomic E-state index is 12.4. The first-order chi connectivity index (χ1) is 12.1. The molecule has 0 bridgehead atoms. The Balaban J connectivity index is 1.67. The molecule has 4 nitrogen and oxygen atoms in total. The van der Waals surface area contributed by atoms with Gasteiger partial charge in [0.05, 0.1) is 11.4 Å². The highest BCUT2D eigenvalue weighted by molar-refractivity contribution is 6.05. The quantitative estimate of drug-likeness (QED) is 0.594. The van der Waals surface area contributed by atoms with Crippen LogP contribution in [0.1, 0.15) is 28.9 Å². The van der Waals surface area contributed by atoms with Crippen LogP contribution in [0.15, 0.2) is 78.9 Å². The first-order valence-corrected chi connectivity index (χ1v) is 8.21. The van der Waals surface area contributed by atoms with E-state index in [9.17, 15) is 4.79 Å². The highest BCUT2D eigenvalue weighted by atomic mass is 16.1. The first-order valence-electron chi connectivity index (χ1n) is 8.21. The summed E-state index contributed by atoms with van der Waals surface area (Å²) < 4.78 is 0. The van der Waals surface area contributed by atoms with Crippen LogP contribution in [0.3, 0.4) is 0 Å². The number of para-hydroxylation sites is 3. The molecule has 3 aromatic carbocycles. The van der Waals surface area contributed by atoms with Gasteiger partial charge in [-0.2, -0.15) is 0 Å². The van der Waals surface area contributed by atoms with E-state index in [1.54, 1.807) is 12.1 Å². The molecule has 0 aliphatic rings. The fourth-order valence-corrected chi connectivity index (χ4v) is 2.60. The predicted octanol–water partition coefficient (Wildman–Crippen LogP) is 4.69. The average molecular weight is 331 g/mol. The summed E-state index contributed by atoms with van der Waals surface area (Å²) >= 11 is 0. The molecule has 4 heteroatoms. The molecule has 1 amide bonds. The van der Waals surface area contributed by atoms with Crippen molar-refractivity contribution in [2.24, 2.45) is 0 Å². The van der Waals surface area contributed by atoms with E-state index in [4.69, 9.17) is 5.73 Å². The van der Waals surface area contributed by atoms with Gasteiger partial charge in [0.25, 0.3) is 5.91 Å². The van der Waals surface area contributed by atoms with Gasteiger partial charge in [0.15, 0.2) is 0 Å². The number of carbonyl (C=O) groups is 1. The lowest BCUT2D eigenvalue weighted by Gasteiger charge is -2.16. The molecule has 0 aliphatic heterocycles. The lowest BCUT2D eigenvalue weighted by molar-refractivity contribution is 0.102. The second-order valence-corrected chi connectivity index (χ2v) is 5.90. The number of benzene rings is 3. The van der Waals surface area contributed by atoms with Crippen LogP contribution < -0.4 is 16.4 Å². The molecule has 0 saturated carbocycles. The first kappa shape index (κ1) is 16.6. The van der Waals surface area contributed by atoms with E-state index < -0.39 is 0 Å². The molecular formula is C21H21N3O. The van der Waals surface area contributed by atoms with E-state index in [1.807, 2.05) is 66.7 Å². The molecule has 4 N–H and O–H groups in total. The van der Waals surface area contributed by atoms with Crippen molar-refractivity contribution in [3.8, 4) is 0 Å². The van der Waals surface area contributed by atoms with Gasteiger partial charge in [0, 0.05) is 17.3 Å².